The third-order valence-electron chi connectivity index (χ3n) is 5.21. The molecular weight excluding hydrogens is 278 g/mol. The molecule has 0 unspecified atom stereocenters. The summed E-state index contributed by atoms with van der Waals surface area (Å²) in [5, 5.41) is 0. The molecule has 0 radical (unpaired) electrons. The molecule has 1 aromatic rings. The maximum atomic E-state index is 12.7. The lowest BCUT2D eigenvalue weighted by Crippen LogP contribution is -2.55. The molecule has 5 heteroatoms. The van der Waals surface area contributed by atoms with Gasteiger partial charge in [-0.2, -0.15) is 0 Å². The van der Waals surface area contributed by atoms with Crippen molar-refractivity contribution in [1.29, 1.82) is 0 Å². The lowest BCUT2D eigenvalue weighted by Gasteiger charge is -2.38. The Kier molecular flexibility index (Phi) is 3.37. The Hall–Kier alpha value is -1.88. The summed E-state index contributed by atoms with van der Waals surface area (Å²) in [7, 11) is 0. The van der Waals surface area contributed by atoms with Gasteiger partial charge in [-0.05, 0) is 25.0 Å². The largest absolute Gasteiger partial charge is 0.332 e. The lowest BCUT2D eigenvalue weighted by atomic mass is 10.1. The highest BCUT2D eigenvalue weighted by molar-refractivity contribution is 6.21. The van der Waals surface area contributed by atoms with Gasteiger partial charge in [0.1, 0.15) is 6.04 Å². The van der Waals surface area contributed by atoms with E-state index < -0.39 is 0 Å². The van der Waals surface area contributed by atoms with E-state index in [0.29, 0.717) is 24.8 Å². The van der Waals surface area contributed by atoms with Crippen LogP contribution in [0.2, 0.25) is 0 Å². The van der Waals surface area contributed by atoms with E-state index in [-0.39, 0.29) is 18.0 Å². The fraction of sp³-hybridized carbons (Fsp3) is 0.529. The van der Waals surface area contributed by atoms with Crippen molar-refractivity contribution in [2.45, 2.75) is 37.8 Å². The first kappa shape index (κ1) is 13.8. The highest BCUT2D eigenvalue weighted by atomic mass is 16.2. The molecule has 2 aliphatic heterocycles. The molecule has 3 fully saturated rings. The first-order valence-electron chi connectivity index (χ1n) is 8.19. The van der Waals surface area contributed by atoms with Crippen LogP contribution in [0.1, 0.15) is 25.7 Å². The van der Waals surface area contributed by atoms with Crippen molar-refractivity contribution < 1.29 is 9.59 Å². The Balaban J connectivity index is 1.56. The van der Waals surface area contributed by atoms with Crippen LogP contribution < -0.4 is 4.90 Å². The van der Waals surface area contributed by atoms with E-state index in [1.807, 2.05) is 30.3 Å². The molecular formula is C17H21N3O2. The third kappa shape index (κ3) is 2.11. The summed E-state index contributed by atoms with van der Waals surface area (Å²) < 4.78 is 0. The predicted molar refractivity (Wildman–Crippen MR) is 83.6 cm³/mol. The summed E-state index contributed by atoms with van der Waals surface area (Å²) in [4.78, 5) is 30.9. The van der Waals surface area contributed by atoms with Crippen LogP contribution in [0, 0.1) is 0 Å². The van der Waals surface area contributed by atoms with Crippen LogP contribution in [-0.2, 0) is 4.79 Å². The number of hydrogen-bond donors (Lipinski definition) is 0. The van der Waals surface area contributed by atoms with Crippen molar-refractivity contribution >= 4 is 17.6 Å². The van der Waals surface area contributed by atoms with Gasteiger partial charge in [0, 0.05) is 25.7 Å². The number of imide groups is 1. The molecule has 5 nitrogen and oxygen atoms in total. The number of anilines is 1. The quantitative estimate of drug-likeness (QED) is 0.785. The monoisotopic (exact) mass is 299 g/mol. The van der Waals surface area contributed by atoms with Gasteiger partial charge in [0.05, 0.1) is 5.69 Å². The molecule has 0 N–H and O–H groups in total. The molecule has 2 saturated heterocycles. The molecule has 2 heterocycles. The van der Waals surface area contributed by atoms with Gasteiger partial charge in [-0.1, -0.05) is 31.0 Å². The van der Waals surface area contributed by atoms with Crippen molar-refractivity contribution in [3.63, 3.8) is 0 Å². The Labute approximate surface area is 130 Å². The maximum Gasteiger partial charge on any atom is 0.332 e. The van der Waals surface area contributed by atoms with Gasteiger partial charge in [-0.3, -0.25) is 9.69 Å². The molecule has 0 spiro atoms. The third-order valence-corrected chi connectivity index (χ3v) is 5.21. The number of amides is 3. The zero-order chi connectivity index (χ0) is 15.1. The first-order chi connectivity index (χ1) is 10.8. The van der Waals surface area contributed by atoms with Crippen LogP contribution in [-0.4, -0.2) is 53.5 Å². The number of nitrogens with zero attached hydrogens (tertiary/aromatic N) is 3. The molecule has 1 aromatic carbocycles. The van der Waals surface area contributed by atoms with E-state index in [2.05, 4.69) is 4.90 Å². The number of hydrogen-bond acceptors (Lipinski definition) is 3. The van der Waals surface area contributed by atoms with Crippen LogP contribution in [0.15, 0.2) is 30.3 Å². The number of benzene rings is 1. The molecule has 0 aromatic heterocycles. The maximum absolute atomic E-state index is 12.7. The Morgan fingerprint density at radius 3 is 2.41 bits per heavy atom. The fourth-order valence-corrected chi connectivity index (χ4v) is 4.03. The zero-order valence-electron chi connectivity index (χ0n) is 12.6. The summed E-state index contributed by atoms with van der Waals surface area (Å²) in [5.41, 5.74) is 0.680. The number of carbonyl (C=O) groups is 2. The van der Waals surface area contributed by atoms with Gasteiger partial charge in [-0.15, -0.1) is 0 Å². The number of rotatable bonds is 2. The van der Waals surface area contributed by atoms with Crippen LogP contribution in [0.5, 0.6) is 0 Å². The van der Waals surface area contributed by atoms with Crippen LogP contribution in [0.4, 0.5) is 10.5 Å². The molecule has 1 atom stereocenters. The molecule has 22 heavy (non-hydrogen) atoms. The number of piperazine rings is 1. The molecule has 1 aliphatic carbocycles. The number of para-hydroxylation sites is 1. The summed E-state index contributed by atoms with van der Waals surface area (Å²) in [6.07, 6.45) is 5.05. The Bertz CT molecular complexity index is 583. The fourth-order valence-electron chi connectivity index (χ4n) is 4.03. The van der Waals surface area contributed by atoms with Crippen molar-refractivity contribution in [3.05, 3.63) is 30.3 Å². The zero-order valence-corrected chi connectivity index (χ0v) is 12.6. The van der Waals surface area contributed by atoms with E-state index >= 15 is 0 Å². The molecule has 116 valence electrons. The van der Waals surface area contributed by atoms with Crippen molar-refractivity contribution in [3.8, 4) is 0 Å². The standard InChI is InChI=1S/C17H21N3O2/c21-16-15-12-18(13-6-4-5-7-13)10-11-19(15)17(22)20(16)14-8-2-1-3-9-14/h1-3,8-9,13,15H,4-7,10-12H2/t15-/m1/s1. The van der Waals surface area contributed by atoms with Gasteiger partial charge in [0.25, 0.3) is 5.91 Å². The topological polar surface area (TPSA) is 43.9 Å². The van der Waals surface area contributed by atoms with Crippen molar-refractivity contribution in [2.75, 3.05) is 24.5 Å². The second kappa shape index (κ2) is 5.39. The van der Waals surface area contributed by atoms with Crippen molar-refractivity contribution in [1.82, 2.24) is 9.80 Å². The highest BCUT2D eigenvalue weighted by Crippen LogP contribution is 2.30. The van der Waals surface area contributed by atoms with Gasteiger partial charge >= 0.3 is 6.03 Å². The van der Waals surface area contributed by atoms with Crippen LogP contribution in [0.25, 0.3) is 0 Å². The number of fused-ring (bicyclic) bond motifs is 1. The number of carbonyl (C=O) groups excluding carboxylic acids is 2. The highest BCUT2D eigenvalue weighted by Gasteiger charge is 2.49. The summed E-state index contributed by atoms with van der Waals surface area (Å²) in [5.74, 6) is -0.0705. The second-order valence-corrected chi connectivity index (χ2v) is 6.43. The van der Waals surface area contributed by atoms with E-state index in [4.69, 9.17) is 0 Å². The smallest absolute Gasteiger partial charge is 0.309 e. The van der Waals surface area contributed by atoms with Crippen LogP contribution in [0.3, 0.4) is 0 Å². The minimum Gasteiger partial charge on any atom is -0.309 e. The average Bonchev–Trinajstić information content (AvgIpc) is 3.16. The minimum absolute atomic E-state index is 0.0705. The summed E-state index contributed by atoms with van der Waals surface area (Å²) in [6, 6.07) is 9.40. The SMILES string of the molecule is O=C1[C@H]2CN(C3CCCC3)CCN2C(=O)N1c1ccccc1. The van der Waals surface area contributed by atoms with Gasteiger partial charge < -0.3 is 4.90 Å². The summed E-state index contributed by atoms with van der Waals surface area (Å²) in [6.45, 7) is 2.25. The van der Waals surface area contributed by atoms with E-state index in [1.165, 1.54) is 30.6 Å². The lowest BCUT2D eigenvalue weighted by molar-refractivity contribution is -0.121. The van der Waals surface area contributed by atoms with Crippen molar-refractivity contribution in [2.24, 2.45) is 0 Å². The van der Waals surface area contributed by atoms with Gasteiger partial charge in [0.2, 0.25) is 0 Å². The molecule has 4 rings (SSSR count). The second-order valence-electron chi connectivity index (χ2n) is 6.43. The predicted octanol–water partition coefficient (Wildman–Crippen LogP) is 2.08. The first-order valence-corrected chi connectivity index (χ1v) is 8.19. The molecule has 0 bridgehead atoms. The van der Waals surface area contributed by atoms with E-state index in [0.717, 1.165) is 6.54 Å². The average molecular weight is 299 g/mol. The van der Waals surface area contributed by atoms with Gasteiger partial charge in [-0.25, -0.2) is 9.69 Å². The van der Waals surface area contributed by atoms with Crippen LogP contribution >= 0.6 is 0 Å². The normalized spacial score (nSPS) is 26.8. The van der Waals surface area contributed by atoms with E-state index in [9.17, 15) is 9.59 Å². The summed E-state index contributed by atoms with van der Waals surface area (Å²) >= 11 is 0. The molecule has 3 amide bonds. The molecule has 1 saturated carbocycles. The number of urea groups is 1. The Morgan fingerprint density at radius 2 is 1.68 bits per heavy atom. The molecule has 3 aliphatic rings. The Morgan fingerprint density at radius 1 is 0.955 bits per heavy atom. The minimum atomic E-state index is -0.304. The van der Waals surface area contributed by atoms with E-state index in [1.54, 1.807) is 4.90 Å². The van der Waals surface area contributed by atoms with Gasteiger partial charge in [0.15, 0.2) is 0 Å².